The summed E-state index contributed by atoms with van der Waals surface area (Å²) < 4.78 is 24.2. The van der Waals surface area contributed by atoms with Gasteiger partial charge in [-0.25, -0.2) is 9.18 Å². The maximum atomic E-state index is 12.9. The SMILES string of the molecule is CCN(CC(C)Oc1ccc(Oc2ccc(F)cc2)cc1)C(=O)O. The smallest absolute Gasteiger partial charge is 0.407 e. The van der Waals surface area contributed by atoms with Crippen LogP contribution in [0.2, 0.25) is 0 Å². The number of amides is 1. The van der Waals surface area contributed by atoms with Crippen molar-refractivity contribution in [3.8, 4) is 17.2 Å². The number of hydrogen-bond acceptors (Lipinski definition) is 3. The van der Waals surface area contributed by atoms with Crippen LogP contribution in [-0.4, -0.2) is 35.3 Å². The molecular weight excluding hydrogens is 313 g/mol. The van der Waals surface area contributed by atoms with Gasteiger partial charge < -0.3 is 19.5 Å². The Bertz CT molecular complexity index is 658. The first kappa shape index (κ1) is 17.6. The van der Waals surface area contributed by atoms with E-state index in [0.29, 0.717) is 30.3 Å². The van der Waals surface area contributed by atoms with Gasteiger partial charge in [0.25, 0.3) is 0 Å². The maximum absolute atomic E-state index is 12.9. The molecule has 128 valence electrons. The normalized spacial score (nSPS) is 11.6. The predicted octanol–water partition coefficient (Wildman–Crippen LogP) is 4.39. The molecule has 0 fully saturated rings. The molecule has 2 aromatic rings. The van der Waals surface area contributed by atoms with Crippen LogP contribution in [0.4, 0.5) is 9.18 Å². The molecule has 1 N–H and O–H groups in total. The van der Waals surface area contributed by atoms with E-state index in [1.54, 1.807) is 43.3 Å². The second kappa shape index (κ2) is 8.19. The maximum Gasteiger partial charge on any atom is 0.407 e. The Balaban J connectivity index is 1.91. The minimum absolute atomic E-state index is 0.273. The monoisotopic (exact) mass is 333 g/mol. The minimum atomic E-state index is -0.962. The summed E-state index contributed by atoms with van der Waals surface area (Å²) in [5, 5.41) is 9.01. The summed E-state index contributed by atoms with van der Waals surface area (Å²) in [6.07, 6.45) is -1.24. The van der Waals surface area contributed by atoms with Crippen molar-refractivity contribution in [2.75, 3.05) is 13.1 Å². The number of carboxylic acid groups (broad SMARTS) is 1. The number of benzene rings is 2. The number of ether oxygens (including phenoxy) is 2. The standard InChI is InChI=1S/C18H20FNO4/c1-3-20(18(21)22)12-13(2)23-15-8-10-17(11-9-15)24-16-6-4-14(19)5-7-16/h4-11,13H,3,12H2,1-2H3,(H,21,22). The Labute approximate surface area is 140 Å². The lowest BCUT2D eigenvalue weighted by atomic mass is 10.3. The van der Waals surface area contributed by atoms with Crippen molar-refractivity contribution in [1.82, 2.24) is 4.90 Å². The molecule has 24 heavy (non-hydrogen) atoms. The number of likely N-dealkylation sites (N-methyl/N-ethyl adjacent to an activating group) is 1. The number of carbonyl (C=O) groups is 1. The highest BCUT2D eigenvalue weighted by atomic mass is 19.1. The Morgan fingerprint density at radius 3 is 2.08 bits per heavy atom. The van der Waals surface area contributed by atoms with Crippen molar-refractivity contribution in [1.29, 1.82) is 0 Å². The fraction of sp³-hybridized carbons (Fsp3) is 0.278. The number of hydrogen-bond donors (Lipinski definition) is 1. The lowest BCUT2D eigenvalue weighted by molar-refractivity contribution is 0.117. The van der Waals surface area contributed by atoms with Crippen molar-refractivity contribution in [3.63, 3.8) is 0 Å². The lowest BCUT2D eigenvalue weighted by Crippen LogP contribution is -2.37. The summed E-state index contributed by atoms with van der Waals surface area (Å²) in [7, 11) is 0. The molecular formula is C18H20FNO4. The van der Waals surface area contributed by atoms with Crippen LogP contribution in [0.3, 0.4) is 0 Å². The summed E-state index contributed by atoms with van der Waals surface area (Å²) >= 11 is 0. The average Bonchev–Trinajstić information content (AvgIpc) is 2.56. The fourth-order valence-electron chi connectivity index (χ4n) is 2.15. The molecule has 0 aromatic heterocycles. The van der Waals surface area contributed by atoms with Gasteiger partial charge in [0.2, 0.25) is 0 Å². The summed E-state index contributed by atoms with van der Waals surface area (Å²) in [6, 6.07) is 12.7. The highest BCUT2D eigenvalue weighted by Crippen LogP contribution is 2.24. The number of rotatable bonds is 7. The molecule has 0 aliphatic rings. The quantitative estimate of drug-likeness (QED) is 0.816. The first-order chi connectivity index (χ1) is 11.5. The highest BCUT2D eigenvalue weighted by molar-refractivity contribution is 5.64. The first-order valence-electron chi connectivity index (χ1n) is 7.66. The second-order valence-corrected chi connectivity index (χ2v) is 5.28. The van der Waals surface area contributed by atoms with Crippen LogP contribution in [-0.2, 0) is 0 Å². The van der Waals surface area contributed by atoms with E-state index in [0.717, 1.165) is 0 Å². The zero-order valence-electron chi connectivity index (χ0n) is 13.6. The van der Waals surface area contributed by atoms with Gasteiger partial charge in [-0.15, -0.1) is 0 Å². The molecule has 6 heteroatoms. The zero-order valence-corrected chi connectivity index (χ0v) is 13.6. The first-order valence-corrected chi connectivity index (χ1v) is 7.66. The largest absolute Gasteiger partial charge is 0.489 e. The van der Waals surface area contributed by atoms with Gasteiger partial charge in [-0.05, 0) is 62.4 Å². The molecule has 0 spiro atoms. The van der Waals surface area contributed by atoms with Crippen LogP contribution >= 0.6 is 0 Å². The third kappa shape index (κ3) is 5.15. The average molecular weight is 333 g/mol. The van der Waals surface area contributed by atoms with E-state index in [9.17, 15) is 9.18 Å². The third-order valence-electron chi connectivity index (χ3n) is 3.34. The van der Waals surface area contributed by atoms with Gasteiger partial charge in [0.05, 0.1) is 6.54 Å². The molecule has 0 aliphatic heterocycles. The molecule has 5 nitrogen and oxygen atoms in total. The van der Waals surface area contributed by atoms with Gasteiger partial charge in [-0.1, -0.05) is 0 Å². The van der Waals surface area contributed by atoms with Gasteiger partial charge in [-0.3, -0.25) is 0 Å². The number of nitrogens with zero attached hydrogens (tertiary/aromatic N) is 1. The Morgan fingerprint density at radius 1 is 1.08 bits per heavy atom. The van der Waals surface area contributed by atoms with Crippen LogP contribution < -0.4 is 9.47 Å². The van der Waals surface area contributed by atoms with Gasteiger partial charge >= 0.3 is 6.09 Å². The van der Waals surface area contributed by atoms with Gasteiger partial charge in [0.1, 0.15) is 29.2 Å². The fourth-order valence-corrected chi connectivity index (χ4v) is 2.15. The van der Waals surface area contributed by atoms with E-state index < -0.39 is 6.09 Å². The molecule has 0 heterocycles. The molecule has 2 rings (SSSR count). The molecule has 1 atom stereocenters. The molecule has 0 bridgehead atoms. The van der Waals surface area contributed by atoms with Crippen LogP contribution in [0.1, 0.15) is 13.8 Å². The molecule has 0 saturated carbocycles. The molecule has 1 amide bonds. The Morgan fingerprint density at radius 2 is 1.58 bits per heavy atom. The van der Waals surface area contributed by atoms with Gasteiger partial charge in [0.15, 0.2) is 0 Å². The summed E-state index contributed by atoms with van der Waals surface area (Å²) in [6.45, 7) is 4.30. The van der Waals surface area contributed by atoms with Crippen molar-refractivity contribution >= 4 is 6.09 Å². The molecule has 0 radical (unpaired) electrons. The lowest BCUT2D eigenvalue weighted by Gasteiger charge is -2.22. The second-order valence-electron chi connectivity index (χ2n) is 5.28. The van der Waals surface area contributed by atoms with E-state index in [1.165, 1.54) is 17.0 Å². The van der Waals surface area contributed by atoms with Crippen molar-refractivity contribution in [2.24, 2.45) is 0 Å². The Kier molecular flexibility index (Phi) is 6.01. The molecule has 2 aromatic carbocycles. The van der Waals surface area contributed by atoms with E-state index in [2.05, 4.69) is 0 Å². The van der Waals surface area contributed by atoms with Crippen LogP contribution in [0, 0.1) is 5.82 Å². The third-order valence-corrected chi connectivity index (χ3v) is 3.34. The van der Waals surface area contributed by atoms with Crippen LogP contribution in [0.5, 0.6) is 17.2 Å². The number of halogens is 1. The topological polar surface area (TPSA) is 59.0 Å². The summed E-state index contributed by atoms with van der Waals surface area (Å²) in [5.41, 5.74) is 0. The van der Waals surface area contributed by atoms with E-state index in [-0.39, 0.29) is 11.9 Å². The van der Waals surface area contributed by atoms with E-state index in [4.69, 9.17) is 14.6 Å². The summed E-state index contributed by atoms with van der Waals surface area (Å²) in [4.78, 5) is 12.3. The van der Waals surface area contributed by atoms with E-state index >= 15 is 0 Å². The van der Waals surface area contributed by atoms with Gasteiger partial charge in [-0.2, -0.15) is 0 Å². The molecule has 1 unspecified atom stereocenters. The van der Waals surface area contributed by atoms with E-state index in [1.807, 2.05) is 6.92 Å². The van der Waals surface area contributed by atoms with Crippen LogP contribution in [0.15, 0.2) is 48.5 Å². The predicted molar refractivity (Wildman–Crippen MR) is 88.3 cm³/mol. The van der Waals surface area contributed by atoms with Crippen molar-refractivity contribution in [2.45, 2.75) is 20.0 Å². The Hall–Kier alpha value is -2.76. The highest BCUT2D eigenvalue weighted by Gasteiger charge is 2.14. The van der Waals surface area contributed by atoms with Crippen LogP contribution in [0.25, 0.3) is 0 Å². The van der Waals surface area contributed by atoms with Gasteiger partial charge in [0, 0.05) is 6.54 Å². The molecule has 0 saturated heterocycles. The van der Waals surface area contributed by atoms with Crippen molar-refractivity contribution < 1.29 is 23.8 Å². The zero-order chi connectivity index (χ0) is 17.5. The van der Waals surface area contributed by atoms with Crippen molar-refractivity contribution in [3.05, 3.63) is 54.3 Å². The molecule has 0 aliphatic carbocycles. The minimum Gasteiger partial charge on any atom is -0.489 e. The summed E-state index contributed by atoms with van der Waals surface area (Å²) in [5.74, 6) is 1.44.